The van der Waals surface area contributed by atoms with Crippen molar-refractivity contribution < 1.29 is 24.5 Å². The van der Waals surface area contributed by atoms with Crippen LogP contribution in [0.2, 0.25) is 0 Å². The molecule has 3 rings (SSSR count). The molecule has 0 fully saturated rings. The van der Waals surface area contributed by atoms with Gasteiger partial charge >= 0.3 is 5.97 Å². The lowest BCUT2D eigenvalue weighted by molar-refractivity contribution is -0.138. The number of H-pyrrole nitrogens is 1. The SMILES string of the molecule is COc1cc(/C=C/C=N[C@@H](Cc2c[nH]c3ccccc23)C(=O)O)cc(OC)c1O. The second kappa shape index (κ2) is 8.97. The lowest BCUT2D eigenvalue weighted by Gasteiger charge is -2.09. The summed E-state index contributed by atoms with van der Waals surface area (Å²) in [4.78, 5) is 19.0. The number of hydrogen-bond acceptors (Lipinski definition) is 5. The highest BCUT2D eigenvalue weighted by molar-refractivity contribution is 5.86. The number of nitrogens with one attached hydrogen (secondary N) is 1. The predicted octanol–water partition coefficient (Wildman–Crippen LogP) is 3.67. The number of rotatable bonds is 8. The van der Waals surface area contributed by atoms with Gasteiger partial charge in [0.05, 0.1) is 14.2 Å². The molecule has 2 aromatic carbocycles. The minimum Gasteiger partial charge on any atom is -0.502 e. The Bertz CT molecular complexity index is 1040. The van der Waals surface area contributed by atoms with E-state index in [4.69, 9.17) is 9.47 Å². The number of aromatic hydroxyl groups is 1. The molecule has 7 nitrogen and oxygen atoms in total. The van der Waals surface area contributed by atoms with Gasteiger partial charge in [0.15, 0.2) is 17.5 Å². The number of carboxylic acid groups (broad SMARTS) is 1. The summed E-state index contributed by atoms with van der Waals surface area (Å²) in [5.41, 5.74) is 2.58. The molecule has 29 heavy (non-hydrogen) atoms. The van der Waals surface area contributed by atoms with Crippen LogP contribution in [0.5, 0.6) is 17.2 Å². The first kappa shape index (κ1) is 20.0. The van der Waals surface area contributed by atoms with Crippen molar-refractivity contribution in [3.63, 3.8) is 0 Å². The summed E-state index contributed by atoms with van der Waals surface area (Å²) in [6.45, 7) is 0. The fraction of sp³-hybridized carbons (Fsp3) is 0.182. The maximum atomic E-state index is 11.6. The molecule has 0 unspecified atom stereocenters. The van der Waals surface area contributed by atoms with Crippen molar-refractivity contribution in [3.05, 3.63) is 59.8 Å². The predicted molar refractivity (Wildman–Crippen MR) is 112 cm³/mol. The molecule has 7 heteroatoms. The Kier molecular flexibility index (Phi) is 6.19. The number of phenols is 1. The minimum atomic E-state index is -0.993. The van der Waals surface area contributed by atoms with Crippen LogP contribution in [-0.2, 0) is 11.2 Å². The monoisotopic (exact) mass is 394 g/mol. The van der Waals surface area contributed by atoms with Gasteiger partial charge in [-0.2, -0.15) is 0 Å². The van der Waals surface area contributed by atoms with Crippen LogP contribution in [0.15, 0.2) is 53.7 Å². The molecule has 0 bridgehead atoms. The maximum absolute atomic E-state index is 11.6. The summed E-state index contributed by atoms with van der Waals surface area (Å²) in [6.07, 6.45) is 6.92. The average molecular weight is 394 g/mol. The van der Waals surface area contributed by atoms with E-state index in [-0.39, 0.29) is 23.7 Å². The quantitative estimate of drug-likeness (QED) is 0.506. The third-order valence-corrected chi connectivity index (χ3v) is 4.52. The van der Waals surface area contributed by atoms with Crippen molar-refractivity contribution in [2.75, 3.05) is 14.2 Å². The summed E-state index contributed by atoms with van der Waals surface area (Å²) in [6, 6.07) is 10.1. The molecule has 1 aromatic heterocycles. The third kappa shape index (κ3) is 4.57. The Morgan fingerprint density at radius 3 is 2.55 bits per heavy atom. The Labute approximate surface area is 167 Å². The summed E-state index contributed by atoms with van der Waals surface area (Å²) in [5.74, 6) is -0.509. The first-order valence-corrected chi connectivity index (χ1v) is 8.96. The Morgan fingerprint density at radius 1 is 1.21 bits per heavy atom. The van der Waals surface area contributed by atoms with Crippen LogP contribution in [0.4, 0.5) is 0 Å². The van der Waals surface area contributed by atoms with Gasteiger partial charge in [0.2, 0.25) is 5.75 Å². The highest BCUT2D eigenvalue weighted by Gasteiger charge is 2.17. The highest BCUT2D eigenvalue weighted by atomic mass is 16.5. The van der Waals surface area contributed by atoms with E-state index in [1.54, 1.807) is 24.3 Å². The Morgan fingerprint density at radius 2 is 1.90 bits per heavy atom. The number of ether oxygens (including phenoxy) is 2. The van der Waals surface area contributed by atoms with Crippen LogP contribution in [0, 0.1) is 0 Å². The number of aliphatic carboxylic acids is 1. The molecule has 0 amide bonds. The molecule has 1 heterocycles. The maximum Gasteiger partial charge on any atom is 0.328 e. The van der Waals surface area contributed by atoms with Crippen molar-refractivity contribution in [3.8, 4) is 17.2 Å². The molecule has 0 aliphatic heterocycles. The molecule has 0 saturated carbocycles. The Balaban J connectivity index is 1.75. The van der Waals surface area contributed by atoms with E-state index in [0.717, 1.165) is 16.5 Å². The first-order valence-electron chi connectivity index (χ1n) is 8.96. The van der Waals surface area contributed by atoms with Crippen LogP contribution in [0.1, 0.15) is 11.1 Å². The summed E-state index contributed by atoms with van der Waals surface area (Å²) in [7, 11) is 2.90. The van der Waals surface area contributed by atoms with Crippen LogP contribution >= 0.6 is 0 Å². The molecule has 0 saturated heterocycles. The molecule has 3 aromatic rings. The van der Waals surface area contributed by atoms with Crippen LogP contribution < -0.4 is 9.47 Å². The molecule has 0 aliphatic carbocycles. The number of hydrogen-bond donors (Lipinski definition) is 3. The van der Waals surface area contributed by atoms with Gasteiger partial charge in [-0.3, -0.25) is 4.99 Å². The second-order valence-corrected chi connectivity index (χ2v) is 6.35. The van der Waals surface area contributed by atoms with Crippen molar-refractivity contribution in [1.29, 1.82) is 0 Å². The topological polar surface area (TPSA) is 104 Å². The number of fused-ring (bicyclic) bond motifs is 1. The lowest BCUT2D eigenvalue weighted by Crippen LogP contribution is -2.20. The van der Waals surface area contributed by atoms with E-state index in [1.807, 2.05) is 30.5 Å². The minimum absolute atomic E-state index is 0.0783. The fourth-order valence-corrected chi connectivity index (χ4v) is 3.03. The summed E-state index contributed by atoms with van der Waals surface area (Å²) >= 11 is 0. The number of aromatic nitrogens is 1. The largest absolute Gasteiger partial charge is 0.502 e. The smallest absolute Gasteiger partial charge is 0.328 e. The molecule has 0 spiro atoms. The van der Waals surface area contributed by atoms with Gasteiger partial charge in [0.1, 0.15) is 0 Å². The van der Waals surface area contributed by atoms with Crippen molar-refractivity contribution in [1.82, 2.24) is 4.98 Å². The molecule has 150 valence electrons. The standard InChI is InChI=1S/C22H22N2O5/c1-28-19-10-14(11-20(29-2)21(19)25)6-5-9-23-18(22(26)27)12-15-13-24-17-8-4-3-7-16(15)17/h3-11,13,18,24-25H,12H2,1-2H3,(H,26,27)/b6-5+,23-9?/t18-/m0/s1. The number of aromatic amines is 1. The molecule has 0 aliphatic rings. The zero-order valence-electron chi connectivity index (χ0n) is 16.1. The zero-order chi connectivity index (χ0) is 20.8. The number of benzene rings is 2. The van der Waals surface area contributed by atoms with Gasteiger partial charge in [-0.25, -0.2) is 4.79 Å². The number of carboxylic acids is 1. The van der Waals surface area contributed by atoms with Crippen LogP contribution in [0.3, 0.4) is 0 Å². The molecular formula is C22H22N2O5. The summed E-state index contributed by atoms with van der Waals surface area (Å²) < 4.78 is 10.2. The number of para-hydroxylation sites is 1. The van der Waals surface area contributed by atoms with Gasteiger partial charge < -0.3 is 24.7 Å². The molecule has 1 atom stereocenters. The third-order valence-electron chi connectivity index (χ3n) is 4.52. The lowest BCUT2D eigenvalue weighted by atomic mass is 10.1. The van der Waals surface area contributed by atoms with E-state index in [0.29, 0.717) is 5.56 Å². The highest BCUT2D eigenvalue weighted by Crippen LogP contribution is 2.37. The molecule has 3 N–H and O–H groups in total. The fourth-order valence-electron chi connectivity index (χ4n) is 3.03. The van der Waals surface area contributed by atoms with E-state index < -0.39 is 12.0 Å². The number of phenolic OH excluding ortho intramolecular Hbond substituents is 1. The van der Waals surface area contributed by atoms with Gasteiger partial charge in [-0.1, -0.05) is 24.3 Å². The van der Waals surface area contributed by atoms with Gasteiger partial charge in [0, 0.05) is 29.7 Å². The van der Waals surface area contributed by atoms with E-state index in [2.05, 4.69) is 9.98 Å². The molecule has 0 radical (unpaired) electrons. The average Bonchev–Trinajstić information content (AvgIpc) is 3.13. The van der Waals surface area contributed by atoms with Crippen molar-refractivity contribution in [2.45, 2.75) is 12.5 Å². The van der Waals surface area contributed by atoms with Crippen LogP contribution in [-0.4, -0.2) is 47.6 Å². The molecular weight excluding hydrogens is 372 g/mol. The van der Waals surface area contributed by atoms with Crippen LogP contribution in [0.25, 0.3) is 17.0 Å². The normalized spacial score (nSPS) is 12.6. The number of nitrogens with zero attached hydrogens (tertiary/aromatic N) is 1. The van der Waals surface area contributed by atoms with E-state index in [1.165, 1.54) is 20.4 Å². The van der Waals surface area contributed by atoms with E-state index in [9.17, 15) is 15.0 Å². The van der Waals surface area contributed by atoms with Gasteiger partial charge in [0.25, 0.3) is 0 Å². The second-order valence-electron chi connectivity index (χ2n) is 6.35. The first-order chi connectivity index (χ1) is 14.0. The van der Waals surface area contributed by atoms with E-state index >= 15 is 0 Å². The zero-order valence-corrected chi connectivity index (χ0v) is 16.1. The van der Waals surface area contributed by atoms with Crippen molar-refractivity contribution >= 4 is 29.2 Å². The van der Waals surface area contributed by atoms with Gasteiger partial charge in [-0.05, 0) is 35.4 Å². The number of allylic oxidation sites excluding steroid dienone is 1. The number of aliphatic imine (C=N–C) groups is 1. The summed E-state index contributed by atoms with van der Waals surface area (Å²) in [5, 5.41) is 20.5. The van der Waals surface area contributed by atoms with Crippen molar-refractivity contribution in [2.24, 2.45) is 4.99 Å². The number of methoxy groups -OCH3 is 2. The van der Waals surface area contributed by atoms with Gasteiger partial charge in [-0.15, -0.1) is 0 Å². The Hall–Kier alpha value is -3.74. The number of carbonyl (C=O) groups is 1.